The molecule has 1 aromatic heterocycles. The second-order valence-electron chi connectivity index (χ2n) is 8.93. The van der Waals surface area contributed by atoms with Crippen molar-refractivity contribution in [3.8, 4) is 22.6 Å². The van der Waals surface area contributed by atoms with Crippen LogP contribution >= 0.6 is 0 Å². The minimum absolute atomic E-state index is 0.796. The Morgan fingerprint density at radius 2 is 1.36 bits per heavy atom. The predicted molar refractivity (Wildman–Crippen MR) is 134 cm³/mol. The van der Waals surface area contributed by atoms with E-state index in [0.29, 0.717) is 0 Å². The topological polar surface area (TPSA) is 25.4 Å². The largest absolute Gasteiger partial charge is 0.457 e. The summed E-state index contributed by atoms with van der Waals surface area (Å²) < 4.78 is 5.92. The molecule has 0 saturated carbocycles. The Morgan fingerprint density at radius 1 is 0.697 bits per heavy atom. The van der Waals surface area contributed by atoms with Gasteiger partial charge in [0.2, 0.25) is 0 Å². The Kier molecular flexibility index (Phi) is 6.79. The van der Waals surface area contributed by atoms with Crippen LogP contribution in [0.3, 0.4) is 0 Å². The van der Waals surface area contributed by atoms with E-state index in [1.165, 1.54) is 30.4 Å². The Labute approximate surface area is 196 Å². The van der Waals surface area contributed by atoms with Crippen LogP contribution < -0.4 is 4.74 Å². The summed E-state index contributed by atoms with van der Waals surface area (Å²) in [5, 5.41) is 0. The van der Waals surface area contributed by atoms with E-state index in [0.717, 1.165) is 48.2 Å². The number of para-hydroxylation sites is 1. The van der Waals surface area contributed by atoms with E-state index < -0.39 is 0 Å². The molecule has 1 saturated heterocycles. The van der Waals surface area contributed by atoms with Crippen molar-refractivity contribution >= 4 is 0 Å². The predicted octanol–water partition coefficient (Wildman–Crippen LogP) is 7.00. The van der Waals surface area contributed by atoms with Gasteiger partial charge < -0.3 is 4.74 Å². The third kappa shape index (κ3) is 5.88. The summed E-state index contributed by atoms with van der Waals surface area (Å²) >= 11 is 0. The highest BCUT2D eigenvalue weighted by molar-refractivity contribution is 5.64. The van der Waals surface area contributed by atoms with E-state index in [1.54, 1.807) is 0 Å². The van der Waals surface area contributed by atoms with Gasteiger partial charge in [0.15, 0.2) is 0 Å². The fraction of sp³-hybridized carbons (Fsp3) is 0.233. The number of benzene rings is 3. The number of piperidine rings is 1. The van der Waals surface area contributed by atoms with Gasteiger partial charge in [0.05, 0.1) is 0 Å². The summed E-state index contributed by atoms with van der Waals surface area (Å²) in [5.41, 5.74) is 5.05. The van der Waals surface area contributed by atoms with Crippen LogP contribution in [0.2, 0.25) is 0 Å². The quantitative estimate of drug-likeness (QED) is 0.313. The number of pyridine rings is 1. The van der Waals surface area contributed by atoms with E-state index in [9.17, 15) is 0 Å². The highest BCUT2D eigenvalue weighted by Gasteiger charge is 2.19. The van der Waals surface area contributed by atoms with Gasteiger partial charge in [-0.05, 0) is 85.3 Å². The summed E-state index contributed by atoms with van der Waals surface area (Å²) in [4.78, 5) is 7.10. The molecule has 0 aliphatic carbocycles. The lowest BCUT2D eigenvalue weighted by Gasteiger charge is -2.32. The minimum Gasteiger partial charge on any atom is -0.457 e. The fourth-order valence-corrected chi connectivity index (χ4v) is 4.63. The highest BCUT2D eigenvalue weighted by atomic mass is 16.5. The molecule has 0 atom stereocenters. The lowest BCUT2D eigenvalue weighted by Crippen LogP contribution is -2.33. The molecule has 0 amide bonds. The number of nitrogens with zero attached hydrogens (tertiary/aromatic N) is 2. The van der Waals surface area contributed by atoms with Crippen LogP contribution in [0.25, 0.3) is 11.1 Å². The fourth-order valence-electron chi connectivity index (χ4n) is 4.63. The van der Waals surface area contributed by atoms with Crippen LogP contribution in [0.1, 0.15) is 24.0 Å². The SMILES string of the molecule is c1ccc(CC2CCN(Cc3cncc(-c4ccc(Oc5ccccc5)cc4)c3)CC2)cc1. The summed E-state index contributed by atoms with van der Waals surface area (Å²) in [7, 11) is 0. The number of likely N-dealkylation sites (tertiary alicyclic amines) is 1. The van der Waals surface area contributed by atoms with Gasteiger partial charge in [0, 0.05) is 24.5 Å². The summed E-state index contributed by atoms with van der Waals surface area (Å²) in [6, 6.07) is 31.3. The first-order valence-corrected chi connectivity index (χ1v) is 11.9. The molecule has 3 aromatic carbocycles. The molecule has 5 rings (SSSR count). The van der Waals surface area contributed by atoms with Gasteiger partial charge in [-0.25, -0.2) is 0 Å². The number of aromatic nitrogens is 1. The van der Waals surface area contributed by atoms with Crippen molar-refractivity contribution in [2.75, 3.05) is 13.1 Å². The average molecular weight is 435 g/mol. The molecule has 33 heavy (non-hydrogen) atoms. The van der Waals surface area contributed by atoms with Crippen molar-refractivity contribution in [1.82, 2.24) is 9.88 Å². The van der Waals surface area contributed by atoms with E-state index >= 15 is 0 Å². The Hall–Kier alpha value is -3.43. The molecule has 1 aliphatic heterocycles. The van der Waals surface area contributed by atoms with Crippen molar-refractivity contribution in [3.05, 3.63) is 115 Å². The van der Waals surface area contributed by atoms with Crippen molar-refractivity contribution in [1.29, 1.82) is 0 Å². The Bertz CT molecular complexity index is 1130. The van der Waals surface area contributed by atoms with Gasteiger partial charge >= 0.3 is 0 Å². The number of rotatable bonds is 7. The van der Waals surface area contributed by atoms with E-state index in [-0.39, 0.29) is 0 Å². The summed E-state index contributed by atoms with van der Waals surface area (Å²) in [6.07, 6.45) is 7.70. The summed E-state index contributed by atoms with van der Waals surface area (Å²) in [5.74, 6) is 2.48. The number of ether oxygens (including phenoxy) is 1. The molecule has 1 aliphatic rings. The monoisotopic (exact) mass is 434 g/mol. The normalized spacial score (nSPS) is 14.8. The van der Waals surface area contributed by atoms with Gasteiger partial charge in [0.25, 0.3) is 0 Å². The van der Waals surface area contributed by atoms with Crippen molar-refractivity contribution in [2.45, 2.75) is 25.8 Å². The molecule has 0 N–H and O–H groups in total. The van der Waals surface area contributed by atoms with Crippen LogP contribution in [-0.4, -0.2) is 23.0 Å². The molecule has 0 spiro atoms. The molecule has 2 heterocycles. The average Bonchev–Trinajstić information content (AvgIpc) is 2.87. The maximum absolute atomic E-state index is 5.92. The van der Waals surface area contributed by atoms with Gasteiger partial charge in [-0.1, -0.05) is 60.7 Å². The zero-order valence-corrected chi connectivity index (χ0v) is 18.9. The van der Waals surface area contributed by atoms with Gasteiger partial charge in [0.1, 0.15) is 11.5 Å². The van der Waals surface area contributed by atoms with E-state index in [2.05, 4.69) is 58.4 Å². The van der Waals surface area contributed by atoms with Crippen LogP contribution in [-0.2, 0) is 13.0 Å². The standard InChI is InChI=1S/C30H30N2O/c1-3-7-24(8-4-1)19-25-15-17-32(18-16-25)23-26-20-28(22-31-21-26)27-11-13-30(14-12-27)33-29-9-5-2-6-10-29/h1-14,20-22,25H,15-19,23H2. The van der Waals surface area contributed by atoms with E-state index in [1.807, 2.05) is 54.9 Å². The molecule has 3 heteroatoms. The van der Waals surface area contributed by atoms with Gasteiger partial charge in [-0.3, -0.25) is 9.88 Å². The summed E-state index contributed by atoms with van der Waals surface area (Å²) in [6.45, 7) is 3.29. The smallest absolute Gasteiger partial charge is 0.127 e. The van der Waals surface area contributed by atoms with Crippen LogP contribution in [0.5, 0.6) is 11.5 Å². The molecule has 0 unspecified atom stereocenters. The van der Waals surface area contributed by atoms with Gasteiger partial charge in [-0.2, -0.15) is 0 Å². The molecular weight excluding hydrogens is 404 g/mol. The van der Waals surface area contributed by atoms with Crippen LogP contribution in [0.15, 0.2) is 103 Å². The van der Waals surface area contributed by atoms with Crippen molar-refractivity contribution in [3.63, 3.8) is 0 Å². The molecule has 4 aromatic rings. The molecule has 0 radical (unpaired) electrons. The third-order valence-electron chi connectivity index (χ3n) is 6.44. The Balaban J connectivity index is 1.17. The maximum atomic E-state index is 5.92. The molecule has 166 valence electrons. The van der Waals surface area contributed by atoms with E-state index in [4.69, 9.17) is 4.74 Å². The molecule has 3 nitrogen and oxygen atoms in total. The lowest BCUT2D eigenvalue weighted by molar-refractivity contribution is 0.177. The molecule has 1 fully saturated rings. The Morgan fingerprint density at radius 3 is 2.09 bits per heavy atom. The molecular formula is C30H30N2O. The first kappa shape index (κ1) is 21.4. The second-order valence-corrected chi connectivity index (χ2v) is 8.93. The zero-order valence-electron chi connectivity index (χ0n) is 18.9. The van der Waals surface area contributed by atoms with Crippen LogP contribution in [0.4, 0.5) is 0 Å². The first-order chi connectivity index (χ1) is 16.3. The maximum Gasteiger partial charge on any atom is 0.127 e. The first-order valence-electron chi connectivity index (χ1n) is 11.9. The van der Waals surface area contributed by atoms with Crippen molar-refractivity contribution < 1.29 is 4.74 Å². The van der Waals surface area contributed by atoms with Crippen molar-refractivity contribution in [2.24, 2.45) is 5.92 Å². The highest BCUT2D eigenvalue weighted by Crippen LogP contribution is 2.27. The third-order valence-corrected chi connectivity index (χ3v) is 6.44. The van der Waals surface area contributed by atoms with Gasteiger partial charge in [-0.15, -0.1) is 0 Å². The number of hydrogen-bond donors (Lipinski definition) is 0. The lowest BCUT2D eigenvalue weighted by atomic mass is 9.90. The van der Waals surface area contributed by atoms with Crippen LogP contribution in [0, 0.1) is 5.92 Å². The number of hydrogen-bond acceptors (Lipinski definition) is 3. The molecule has 0 bridgehead atoms. The second kappa shape index (κ2) is 10.5. The minimum atomic E-state index is 0.796. The zero-order chi connectivity index (χ0) is 22.3.